The second kappa shape index (κ2) is 13.8. The highest BCUT2D eigenvalue weighted by molar-refractivity contribution is 6.41. The monoisotopic (exact) mass is 479 g/mol. The molecule has 0 aliphatic heterocycles. The number of amides is 1. The molecular formula is C21H33N7O6. The third kappa shape index (κ3) is 8.39. The predicted molar refractivity (Wildman–Crippen MR) is 126 cm³/mol. The zero-order valence-corrected chi connectivity index (χ0v) is 19.9. The van der Waals surface area contributed by atoms with Gasteiger partial charge in [0.05, 0.1) is 31.3 Å². The van der Waals surface area contributed by atoms with Crippen molar-refractivity contribution in [2.45, 2.75) is 52.1 Å². The lowest BCUT2D eigenvalue weighted by Gasteiger charge is -2.24. The molecular weight excluding hydrogens is 446 g/mol. The van der Waals surface area contributed by atoms with Gasteiger partial charge in [-0.15, -0.1) is 0 Å². The van der Waals surface area contributed by atoms with Crippen LogP contribution in [0, 0.1) is 5.41 Å². The summed E-state index contributed by atoms with van der Waals surface area (Å²) >= 11 is 0. The molecule has 0 radical (unpaired) electrons. The summed E-state index contributed by atoms with van der Waals surface area (Å²) in [7, 11) is 1.73. The first-order valence-corrected chi connectivity index (χ1v) is 10.9. The van der Waals surface area contributed by atoms with E-state index in [9.17, 15) is 24.3 Å². The lowest BCUT2D eigenvalue weighted by molar-refractivity contribution is -0.140. The minimum absolute atomic E-state index is 0.00390. The summed E-state index contributed by atoms with van der Waals surface area (Å²) in [6.07, 6.45) is 3.02. The number of Topliss-reactive ketones (excluding diaryl/α,β-unsaturated/α-hetero) is 1. The highest BCUT2D eigenvalue weighted by atomic mass is 16.4. The lowest BCUT2D eigenvalue weighted by atomic mass is 10.1. The molecule has 1 aromatic heterocycles. The molecule has 13 nitrogen and oxygen atoms in total. The molecule has 1 aromatic rings. The van der Waals surface area contributed by atoms with Gasteiger partial charge >= 0.3 is 5.97 Å². The van der Waals surface area contributed by atoms with Crippen molar-refractivity contribution in [3.63, 3.8) is 0 Å². The smallest absolute Gasteiger partial charge is 0.305 e. The summed E-state index contributed by atoms with van der Waals surface area (Å²) in [4.78, 5) is 55.5. The summed E-state index contributed by atoms with van der Waals surface area (Å²) in [5.41, 5.74) is -0.645. The Bertz CT molecular complexity index is 975. The number of likely N-dealkylation sites (N-methyl/N-ethyl adjacent to an activating group) is 1. The Kier molecular flexibility index (Phi) is 11.6. The van der Waals surface area contributed by atoms with Gasteiger partial charge in [0.2, 0.25) is 5.91 Å². The van der Waals surface area contributed by atoms with Crippen molar-refractivity contribution in [1.82, 2.24) is 19.8 Å². The second-order valence-electron chi connectivity index (χ2n) is 7.80. The summed E-state index contributed by atoms with van der Waals surface area (Å²) in [6, 6.07) is -2.27. The quantitative estimate of drug-likeness (QED) is 0.134. The maximum Gasteiger partial charge on any atom is 0.305 e. The molecule has 0 spiro atoms. The number of aromatic nitrogens is 2. The number of ketones is 1. The van der Waals surface area contributed by atoms with Crippen molar-refractivity contribution in [2.75, 3.05) is 32.0 Å². The van der Waals surface area contributed by atoms with Crippen molar-refractivity contribution in [2.24, 2.45) is 5.16 Å². The molecule has 1 rings (SSSR count). The highest BCUT2D eigenvalue weighted by Gasteiger charge is 2.28. The van der Waals surface area contributed by atoms with Crippen LogP contribution in [0.3, 0.4) is 0 Å². The normalized spacial score (nSPS) is 13.3. The molecule has 13 heteroatoms. The molecule has 0 bridgehead atoms. The van der Waals surface area contributed by atoms with Crippen LogP contribution >= 0.6 is 0 Å². The van der Waals surface area contributed by atoms with Gasteiger partial charge in [0.15, 0.2) is 11.6 Å². The van der Waals surface area contributed by atoms with E-state index < -0.39 is 41.7 Å². The van der Waals surface area contributed by atoms with Crippen LogP contribution < -0.4 is 16.2 Å². The van der Waals surface area contributed by atoms with E-state index in [0.717, 1.165) is 11.0 Å². The van der Waals surface area contributed by atoms with E-state index in [4.69, 9.17) is 10.6 Å². The summed E-state index contributed by atoms with van der Waals surface area (Å²) in [6.45, 7) is 5.51. The van der Waals surface area contributed by atoms with Gasteiger partial charge in [-0.05, 0) is 33.4 Å². The number of aliphatic carboxylic acids is 1. The number of carbonyl (C=O) groups is 3. The zero-order chi connectivity index (χ0) is 25.8. The number of rotatable bonds is 15. The number of carbonyl (C=O) groups excluding carboxylic acids is 2. The van der Waals surface area contributed by atoms with Gasteiger partial charge in [0.25, 0.3) is 5.56 Å². The Balaban J connectivity index is 3.10. The van der Waals surface area contributed by atoms with Crippen molar-refractivity contribution in [3.8, 4) is 0 Å². The van der Waals surface area contributed by atoms with E-state index in [0.29, 0.717) is 6.54 Å². The summed E-state index contributed by atoms with van der Waals surface area (Å²) < 4.78 is 1.13. The summed E-state index contributed by atoms with van der Waals surface area (Å²) in [5, 5.41) is 33.8. The molecule has 0 aliphatic carbocycles. The van der Waals surface area contributed by atoms with Crippen LogP contribution in [0.4, 0.5) is 5.82 Å². The molecule has 0 fully saturated rings. The number of oxime groups is 1. The predicted octanol–water partition coefficient (Wildman–Crippen LogP) is 0.347. The fourth-order valence-electron chi connectivity index (χ4n) is 3.24. The maximum absolute atomic E-state index is 13.0. The first-order chi connectivity index (χ1) is 16.0. The third-order valence-corrected chi connectivity index (χ3v) is 4.98. The topological polar surface area (TPSA) is 190 Å². The molecule has 0 aromatic carbocycles. The van der Waals surface area contributed by atoms with Gasteiger partial charge in [-0.2, -0.15) is 0 Å². The number of carboxylic acid groups (broad SMARTS) is 1. The van der Waals surface area contributed by atoms with Gasteiger partial charge in [-0.25, -0.2) is 4.98 Å². The highest BCUT2D eigenvalue weighted by Crippen LogP contribution is 2.11. The van der Waals surface area contributed by atoms with E-state index in [1.807, 2.05) is 6.92 Å². The Hall–Kier alpha value is -3.61. The fourth-order valence-corrected chi connectivity index (χ4v) is 3.24. The van der Waals surface area contributed by atoms with Crippen molar-refractivity contribution < 1.29 is 24.7 Å². The van der Waals surface area contributed by atoms with Crippen LogP contribution in [-0.2, 0) is 14.4 Å². The van der Waals surface area contributed by atoms with Crippen molar-refractivity contribution in [3.05, 3.63) is 22.7 Å². The van der Waals surface area contributed by atoms with Crippen LogP contribution in [0.2, 0.25) is 0 Å². The van der Waals surface area contributed by atoms with Gasteiger partial charge in [0, 0.05) is 12.4 Å². The molecule has 0 saturated carbocycles. The largest absolute Gasteiger partial charge is 0.481 e. The minimum Gasteiger partial charge on any atom is -0.481 e. The second-order valence-corrected chi connectivity index (χ2v) is 7.80. The standard InChI is InChI=1S/C21H33N7O6/c1-5-8-27(4)12-17(29)14(10-18(30)31)25-20(32)16(6-2)28-9-7-23-19(21(28)33)24-11-15(26-34)13(3)22/h7,9,14,16,22,34H,5-6,8,10-12H2,1-4H3,(H,23,24)(H,25,32)(H,30,31)/b22-13?,26-15-. The van der Waals surface area contributed by atoms with E-state index in [1.165, 1.54) is 19.3 Å². The van der Waals surface area contributed by atoms with E-state index in [1.54, 1.807) is 18.9 Å². The van der Waals surface area contributed by atoms with Crippen LogP contribution in [0.1, 0.15) is 46.1 Å². The molecule has 5 N–H and O–H groups in total. The van der Waals surface area contributed by atoms with Crippen molar-refractivity contribution in [1.29, 1.82) is 5.41 Å². The van der Waals surface area contributed by atoms with E-state index >= 15 is 0 Å². The maximum atomic E-state index is 13.0. The molecule has 188 valence electrons. The zero-order valence-electron chi connectivity index (χ0n) is 19.9. The number of carboxylic acids is 1. The fraction of sp³-hybridized carbons (Fsp3) is 0.571. The summed E-state index contributed by atoms with van der Waals surface area (Å²) in [5.74, 6) is -2.48. The van der Waals surface area contributed by atoms with Crippen LogP contribution in [0.5, 0.6) is 0 Å². The molecule has 0 aliphatic rings. The Morgan fingerprint density at radius 1 is 1.32 bits per heavy atom. The van der Waals surface area contributed by atoms with Gasteiger partial charge in [-0.3, -0.25) is 28.6 Å². The number of hydrogen-bond acceptors (Lipinski definition) is 10. The molecule has 2 atom stereocenters. The average Bonchev–Trinajstić information content (AvgIpc) is 2.75. The van der Waals surface area contributed by atoms with Crippen LogP contribution in [-0.4, -0.2) is 86.6 Å². The van der Waals surface area contributed by atoms with Crippen LogP contribution in [0.15, 0.2) is 22.3 Å². The van der Waals surface area contributed by atoms with E-state index in [-0.39, 0.29) is 36.8 Å². The molecule has 2 unspecified atom stereocenters. The van der Waals surface area contributed by atoms with Crippen molar-refractivity contribution >= 4 is 34.9 Å². The number of nitrogens with one attached hydrogen (secondary N) is 3. The first kappa shape index (κ1) is 28.4. The Morgan fingerprint density at radius 3 is 2.53 bits per heavy atom. The van der Waals surface area contributed by atoms with Gasteiger partial charge < -0.3 is 26.4 Å². The third-order valence-electron chi connectivity index (χ3n) is 4.98. The SMILES string of the molecule is CCCN(C)CC(=O)C(CC(=O)O)NC(=O)C(CC)n1ccnc(NC/C(=N/O)C(C)=N)c1=O. The Morgan fingerprint density at radius 2 is 2.00 bits per heavy atom. The van der Waals surface area contributed by atoms with Gasteiger partial charge in [0.1, 0.15) is 11.8 Å². The number of anilines is 1. The molecule has 1 heterocycles. The minimum atomic E-state index is -1.24. The molecule has 0 saturated heterocycles. The Labute approximate surface area is 197 Å². The first-order valence-electron chi connectivity index (χ1n) is 10.9. The lowest BCUT2D eigenvalue weighted by Crippen LogP contribution is -2.49. The number of nitrogens with zero attached hydrogens (tertiary/aromatic N) is 4. The molecule has 34 heavy (non-hydrogen) atoms. The average molecular weight is 480 g/mol. The van der Waals surface area contributed by atoms with Crippen LogP contribution in [0.25, 0.3) is 0 Å². The van der Waals surface area contributed by atoms with E-state index in [2.05, 4.69) is 20.8 Å². The molecule has 1 amide bonds. The number of hydrogen-bond donors (Lipinski definition) is 5. The van der Waals surface area contributed by atoms with Gasteiger partial charge in [-0.1, -0.05) is 19.0 Å².